The highest BCUT2D eigenvalue weighted by Gasteiger charge is 2.55. The van der Waals surface area contributed by atoms with Crippen LogP contribution in [0.2, 0.25) is 0 Å². The lowest BCUT2D eigenvalue weighted by molar-refractivity contribution is -0.259. The van der Waals surface area contributed by atoms with Crippen LogP contribution >= 0.6 is 0 Å². The topological polar surface area (TPSA) is 54.9 Å². The van der Waals surface area contributed by atoms with E-state index < -0.39 is 24.1 Å². The molecule has 2 aromatic rings. The molecule has 2 heterocycles. The van der Waals surface area contributed by atoms with E-state index in [0.29, 0.717) is 30.2 Å². The average molecular weight is 445 g/mol. The summed E-state index contributed by atoms with van der Waals surface area (Å²) in [5.74, 6) is -4.95. The average Bonchev–Trinajstić information content (AvgIpc) is 2.75. The van der Waals surface area contributed by atoms with Crippen LogP contribution in [0.3, 0.4) is 0 Å². The molecule has 31 heavy (non-hydrogen) atoms. The van der Waals surface area contributed by atoms with Gasteiger partial charge < -0.3 is 19.3 Å². The molecule has 1 aromatic heterocycles. The van der Waals surface area contributed by atoms with Gasteiger partial charge in [0.2, 0.25) is 11.8 Å². The summed E-state index contributed by atoms with van der Waals surface area (Å²) >= 11 is 0. The second kappa shape index (κ2) is 8.56. The number of fused-ring (bicyclic) bond motifs is 1. The third-order valence-electron chi connectivity index (χ3n) is 4.93. The summed E-state index contributed by atoms with van der Waals surface area (Å²) in [5.41, 5.74) is 1.44. The van der Waals surface area contributed by atoms with Crippen LogP contribution in [0.15, 0.2) is 36.4 Å². The molecule has 1 amide bonds. The van der Waals surface area contributed by atoms with Crippen molar-refractivity contribution in [2.75, 3.05) is 45.3 Å². The van der Waals surface area contributed by atoms with Crippen LogP contribution in [0.1, 0.15) is 0 Å². The Bertz CT molecular complexity index is 981. The Morgan fingerprint density at radius 2 is 1.71 bits per heavy atom. The summed E-state index contributed by atoms with van der Waals surface area (Å²) in [5, 5.41) is 0.825. The zero-order valence-electron chi connectivity index (χ0n) is 16.7. The summed E-state index contributed by atoms with van der Waals surface area (Å²) < 4.78 is 73.2. The molecule has 1 aromatic carbocycles. The summed E-state index contributed by atoms with van der Waals surface area (Å²) in [7, 11) is 3.02. The third-order valence-corrected chi connectivity index (χ3v) is 4.93. The zero-order valence-corrected chi connectivity index (χ0v) is 16.7. The smallest absolute Gasteiger partial charge is 0.457 e. The first kappa shape index (κ1) is 22.6. The van der Waals surface area contributed by atoms with Gasteiger partial charge in [0, 0.05) is 49.8 Å². The van der Waals surface area contributed by atoms with Crippen molar-refractivity contribution in [2.24, 2.45) is 0 Å². The number of piperazine rings is 1. The highest BCUT2D eigenvalue weighted by Crippen LogP contribution is 2.36. The molecule has 1 aliphatic heterocycles. The number of methoxy groups -OCH3 is 2. The standard InChI is InChI=1S/C20H20F5N3O3/c1-30-13-3-4-14-15(11-13)26-17(31-2)12-16(14)27-7-9-28(10-8-27)18(29)5-6-19(21,22)20(23,24)25/h3-6,11-12H,7-10H2,1-2H3/b6-5+. The number of benzene rings is 1. The number of alkyl halides is 5. The van der Waals surface area contributed by atoms with Crippen molar-refractivity contribution >= 4 is 22.5 Å². The van der Waals surface area contributed by atoms with Crippen molar-refractivity contribution in [3.63, 3.8) is 0 Å². The Hall–Kier alpha value is -3.11. The maximum absolute atomic E-state index is 13.0. The van der Waals surface area contributed by atoms with Gasteiger partial charge in [-0.3, -0.25) is 4.79 Å². The number of rotatable bonds is 5. The highest BCUT2D eigenvalue weighted by atomic mass is 19.4. The van der Waals surface area contributed by atoms with Crippen LogP contribution in [0.5, 0.6) is 11.6 Å². The Morgan fingerprint density at radius 3 is 2.29 bits per heavy atom. The van der Waals surface area contributed by atoms with Crippen LogP contribution in [0, 0.1) is 0 Å². The van der Waals surface area contributed by atoms with Gasteiger partial charge in [-0.25, -0.2) is 4.98 Å². The molecule has 11 heteroatoms. The van der Waals surface area contributed by atoms with Crippen molar-refractivity contribution in [3.8, 4) is 11.6 Å². The number of anilines is 1. The van der Waals surface area contributed by atoms with Gasteiger partial charge in [0.1, 0.15) is 5.75 Å². The summed E-state index contributed by atoms with van der Waals surface area (Å²) in [6.07, 6.45) is -5.87. The van der Waals surface area contributed by atoms with E-state index in [1.165, 1.54) is 19.1 Å². The number of carbonyl (C=O) groups excluding carboxylic acids is 1. The van der Waals surface area contributed by atoms with E-state index in [4.69, 9.17) is 9.47 Å². The minimum Gasteiger partial charge on any atom is -0.497 e. The molecule has 1 aliphatic rings. The van der Waals surface area contributed by atoms with E-state index in [2.05, 4.69) is 4.98 Å². The van der Waals surface area contributed by atoms with Gasteiger partial charge in [-0.15, -0.1) is 0 Å². The monoisotopic (exact) mass is 445 g/mol. The molecule has 1 fully saturated rings. The van der Waals surface area contributed by atoms with Crippen LogP contribution in [-0.4, -0.2) is 68.3 Å². The molecular weight excluding hydrogens is 425 g/mol. The van der Waals surface area contributed by atoms with Crippen molar-refractivity contribution in [1.29, 1.82) is 0 Å². The molecule has 6 nitrogen and oxygen atoms in total. The number of aromatic nitrogens is 1. The number of halogens is 5. The SMILES string of the molecule is COc1ccc2c(N3CCN(C(=O)/C=C/C(F)(F)C(F)(F)F)CC3)cc(OC)nc2c1. The van der Waals surface area contributed by atoms with Crippen LogP contribution < -0.4 is 14.4 Å². The second-order valence-corrected chi connectivity index (χ2v) is 6.83. The van der Waals surface area contributed by atoms with E-state index in [1.807, 2.05) is 11.0 Å². The maximum Gasteiger partial charge on any atom is 0.457 e. The van der Waals surface area contributed by atoms with E-state index in [9.17, 15) is 26.7 Å². The molecule has 0 bridgehead atoms. The maximum atomic E-state index is 13.0. The lowest BCUT2D eigenvalue weighted by atomic mass is 10.1. The van der Waals surface area contributed by atoms with Gasteiger partial charge in [0.25, 0.3) is 0 Å². The number of hydrogen-bond donors (Lipinski definition) is 0. The van der Waals surface area contributed by atoms with E-state index >= 15 is 0 Å². The Balaban J connectivity index is 1.75. The van der Waals surface area contributed by atoms with Gasteiger partial charge in [0.05, 0.1) is 25.4 Å². The fourth-order valence-corrected chi connectivity index (χ4v) is 3.20. The normalized spacial score (nSPS) is 15.6. The molecule has 3 rings (SSSR count). The third kappa shape index (κ3) is 4.80. The van der Waals surface area contributed by atoms with E-state index in [0.717, 1.165) is 11.1 Å². The van der Waals surface area contributed by atoms with Gasteiger partial charge in [-0.1, -0.05) is 0 Å². The molecule has 1 saturated heterocycles. The van der Waals surface area contributed by atoms with Crippen molar-refractivity contribution < 1.29 is 36.2 Å². The minimum absolute atomic E-state index is 0.156. The lowest BCUT2D eigenvalue weighted by Gasteiger charge is -2.36. The number of pyridine rings is 1. The van der Waals surface area contributed by atoms with Gasteiger partial charge >= 0.3 is 12.1 Å². The Kier molecular flexibility index (Phi) is 6.23. The number of allylic oxidation sites excluding steroid dienone is 1. The first-order valence-electron chi connectivity index (χ1n) is 9.26. The van der Waals surface area contributed by atoms with E-state index in [1.54, 1.807) is 18.2 Å². The molecule has 0 unspecified atom stereocenters. The second-order valence-electron chi connectivity index (χ2n) is 6.83. The predicted molar refractivity (Wildman–Crippen MR) is 104 cm³/mol. The fourth-order valence-electron chi connectivity index (χ4n) is 3.20. The molecule has 168 valence electrons. The molecule has 0 N–H and O–H groups in total. The fraction of sp³-hybridized carbons (Fsp3) is 0.400. The predicted octanol–water partition coefficient (Wildman–Crippen LogP) is 3.65. The minimum atomic E-state index is -5.74. The quantitative estimate of drug-likeness (QED) is 0.520. The molecule has 0 radical (unpaired) electrons. The summed E-state index contributed by atoms with van der Waals surface area (Å²) in [6, 6.07) is 7.13. The van der Waals surface area contributed by atoms with Crippen molar-refractivity contribution in [3.05, 3.63) is 36.4 Å². The molecule has 0 atom stereocenters. The number of nitrogens with zero attached hydrogens (tertiary/aromatic N) is 3. The van der Waals surface area contributed by atoms with Gasteiger partial charge in [-0.2, -0.15) is 22.0 Å². The van der Waals surface area contributed by atoms with Crippen molar-refractivity contribution in [1.82, 2.24) is 9.88 Å². The zero-order chi connectivity index (χ0) is 22.8. The number of carbonyl (C=O) groups is 1. The van der Waals surface area contributed by atoms with Crippen molar-refractivity contribution in [2.45, 2.75) is 12.1 Å². The first-order chi connectivity index (χ1) is 14.6. The van der Waals surface area contributed by atoms with Gasteiger partial charge in [0.15, 0.2) is 0 Å². The summed E-state index contributed by atoms with van der Waals surface area (Å²) in [6.45, 7) is 1.01. The largest absolute Gasteiger partial charge is 0.497 e. The number of amides is 1. The Labute approximate surface area is 174 Å². The van der Waals surface area contributed by atoms with Crippen LogP contribution in [0.25, 0.3) is 10.9 Å². The molecular formula is C20H20F5N3O3. The highest BCUT2D eigenvalue weighted by molar-refractivity contribution is 5.93. The molecule has 0 aliphatic carbocycles. The number of hydrogen-bond acceptors (Lipinski definition) is 5. The van der Waals surface area contributed by atoms with Crippen LogP contribution in [-0.2, 0) is 4.79 Å². The Morgan fingerprint density at radius 1 is 1.03 bits per heavy atom. The summed E-state index contributed by atoms with van der Waals surface area (Å²) in [4.78, 5) is 19.7. The molecule has 0 saturated carbocycles. The molecule has 0 spiro atoms. The number of ether oxygens (including phenoxy) is 2. The van der Waals surface area contributed by atoms with Crippen LogP contribution in [0.4, 0.5) is 27.6 Å². The van der Waals surface area contributed by atoms with E-state index in [-0.39, 0.29) is 19.2 Å². The lowest BCUT2D eigenvalue weighted by Crippen LogP contribution is -2.48. The first-order valence-corrected chi connectivity index (χ1v) is 9.26. The van der Waals surface area contributed by atoms with Gasteiger partial charge in [-0.05, 0) is 18.2 Å².